The summed E-state index contributed by atoms with van der Waals surface area (Å²) in [6.07, 6.45) is 4.53. The zero-order valence-corrected chi connectivity index (χ0v) is 10.8. The van der Waals surface area contributed by atoms with E-state index in [9.17, 15) is 0 Å². The van der Waals surface area contributed by atoms with Crippen molar-refractivity contribution >= 4 is 11.6 Å². The molecular weight excluding hydrogens is 256 g/mol. The van der Waals surface area contributed by atoms with Crippen molar-refractivity contribution in [1.82, 2.24) is 9.97 Å². The molecule has 1 heterocycles. The summed E-state index contributed by atoms with van der Waals surface area (Å²) in [6.45, 7) is 0. The van der Waals surface area contributed by atoms with Gasteiger partial charge < -0.3 is 0 Å². The van der Waals surface area contributed by atoms with Crippen LogP contribution >= 0.6 is 11.6 Å². The number of halogens is 1. The molecular formula is C16H10ClN2. The Bertz CT molecular complexity index is 679. The molecule has 0 atom stereocenters. The van der Waals surface area contributed by atoms with Crippen molar-refractivity contribution in [2.45, 2.75) is 0 Å². The molecule has 0 N–H and O–H groups in total. The van der Waals surface area contributed by atoms with Gasteiger partial charge in [0.15, 0.2) is 0 Å². The van der Waals surface area contributed by atoms with Crippen LogP contribution in [-0.4, -0.2) is 9.97 Å². The molecule has 3 heteroatoms. The first kappa shape index (κ1) is 11.9. The molecule has 2 nitrogen and oxygen atoms in total. The minimum absolute atomic E-state index is 0.710. The molecule has 0 fully saturated rings. The van der Waals surface area contributed by atoms with E-state index < -0.39 is 0 Å². The Balaban J connectivity index is 2.15. The van der Waals surface area contributed by atoms with Crippen molar-refractivity contribution in [1.29, 1.82) is 0 Å². The van der Waals surface area contributed by atoms with E-state index in [0.717, 1.165) is 22.4 Å². The molecule has 1 radical (unpaired) electrons. The van der Waals surface area contributed by atoms with Crippen LogP contribution in [0.15, 0.2) is 60.9 Å². The predicted octanol–water partition coefficient (Wildman–Crippen LogP) is 4.26. The fraction of sp³-hybridized carbons (Fsp3) is 0. The van der Waals surface area contributed by atoms with Gasteiger partial charge in [-0.1, -0.05) is 54.1 Å². The van der Waals surface area contributed by atoms with Gasteiger partial charge in [0.1, 0.15) is 12.5 Å². The van der Waals surface area contributed by atoms with Crippen LogP contribution in [0.4, 0.5) is 0 Å². The summed E-state index contributed by atoms with van der Waals surface area (Å²) < 4.78 is 0. The Hall–Kier alpha value is -2.19. The minimum atomic E-state index is 0.710. The Labute approximate surface area is 116 Å². The summed E-state index contributed by atoms with van der Waals surface area (Å²) in [4.78, 5) is 8.37. The van der Waals surface area contributed by atoms with Crippen LogP contribution < -0.4 is 0 Å². The second-order valence-electron chi connectivity index (χ2n) is 4.08. The molecule has 0 spiro atoms. The van der Waals surface area contributed by atoms with Crippen LogP contribution in [0.5, 0.6) is 0 Å². The molecule has 0 saturated heterocycles. The molecule has 0 aliphatic rings. The third-order valence-electron chi connectivity index (χ3n) is 2.84. The Morgan fingerprint density at radius 3 is 2.32 bits per heavy atom. The molecule has 0 unspecified atom stereocenters. The normalized spacial score (nSPS) is 10.4. The third kappa shape index (κ3) is 2.49. The number of rotatable bonds is 2. The summed E-state index contributed by atoms with van der Waals surface area (Å²) in [7, 11) is 0. The van der Waals surface area contributed by atoms with Gasteiger partial charge >= 0.3 is 0 Å². The van der Waals surface area contributed by atoms with Crippen molar-refractivity contribution in [3.63, 3.8) is 0 Å². The van der Waals surface area contributed by atoms with Gasteiger partial charge in [0.05, 0.1) is 5.69 Å². The molecule has 0 aliphatic heterocycles. The van der Waals surface area contributed by atoms with Crippen molar-refractivity contribution in [2.24, 2.45) is 0 Å². The van der Waals surface area contributed by atoms with Gasteiger partial charge in [0.25, 0.3) is 0 Å². The average molecular weight is 266 g/mol. The maximum atomic E-state index is 5.91. The zero-order chi connectivity index (χ0) is 13.1. The molecule has 0 saturated carbocycles. The van der Waals surface area contributed by atoms with Crippen LogP contribution in [0.3, 0.4) is 0 Å². The standard InChI is InChI=1S/C16H10ClN2/c17-14-8-6-12(7-9-14)15-10-18-11-19-16(15)13-4-2-1-3-5-13/h1-9,11H. The van der Waals surface area contributed by atoms with Crippen LogP contribution in [0, 0.1) is 6.20 Å². The van der Waals surface area contributed by atoms with Gasteiger partial charge in [-0.3, -0.25) is 0 Å². The monoisotopic (exact) mass is 265 g/mol. The first-order chi connectivity index (χ1) is 9.34. The fourth-order valence-corrected chi connectivity index (χ4v) is 2.06. The fourth-order valence-electron chi connectivity index (χ4n) is 1.93. The maximum Gasteiger partial charge on any atom is 0.116 e. The first-order valence-corrected chi connectivity index (χ1v) is 6.26. The van der Waals surface area contributed by atoms with E-state index >= 15 is 0 Å². The highest BCUT2D eigenvalue weighted by Crippen LogP contribution is 2.29. The van der Waals surface area contributed by atoms with Gasteiger partial charge in [0, 0.05) is 16.1 Å². The Morgan fingerprint density at radius 2 is 1.58 bits per heavy atom. The van der Waals surface area contributed by atoms with Gasteiger partial charge in [0.2, 0.25) is 0 Å². The topological polar surface area (TPSA) is 25.8 Å². The number of nitrogens with zero attached hydrogens (tertiary/aromatic N) is 2. The summed E-state index contributed by atoms with van der Waals surface area (Å²) in [5.74, 6) is 0. The van der Waals surface area contributed by atoms with Gasteiger partial charge in [-0.05, 0) is 17.7 Å². The predicted molar refractivity (Wildman–Crippen MR) is 76.8 cm³/mol. The third-order valence-corrected chi connectivity index (χ3v) is 3.09. The molecule has 3 rings (SSSR count). The lowest BCUT2D eigenvalue weighted by molar-refractivity contribution is 1.16. The lowest BCUT2D eigenvalue weighted by Gasteiger charge is -2.07. The minimum Gasteiger partial charge on any atom is -0.236 e. The average Bonchev–Trinajstić information content (AvgIpc) is 2.49. The molecule has 0 amide bonds. The lowest BCUT2D eigenvalue weighted by Crippen LogP contribution is -1.91. The summed E-state index contributed by atoms with van der Waals surface area (Å²) in [5.41, 5.74) is 3.80. The Kier molecular flexibility index (Phi) is 3.25. The first-order valence-electron chi connectivity index (χ1n) is 5.88. The van der Waals surface area contributed by atoms with E-state index in [1.807, 2.05) is 54.6 Å². The zero-order valence-electron chi connectivity index (χ0n) is 10.0. The molecule has 0 aliphatic carbocycles. The number of hydrogen-bond acceptors (Lipinski definition) is 2. The van der Waals surface area contributed by atoms with Crippen molar-refractivity contribution in [3.8, 4) is 22.4 Å². The van der Waals surface area contributed by atoms with E-state index in [2.05, 4.69) is 16.2 Å². The van der Waals surface area contributed by atoms with Crippen LogP contribution in [-0.2, 0) is 0 Å². The quantitative estimate of drug-likeness (QED) is 0.692. The number of benzene rings is 2. The van der Waals surface area contributed by atoms with Crippen LogP contribution in [0.25, 0.3) is 22.4 Å². The van der Waals surface area contributed by atoms with Crippen molar-refractivity contribution in [3.05, 3.63) is 72.1 Å². The van der Waals surface area contributed by atoms with Gasteiger partial charge in [-0.2, -0.15) is 0 Å². The summed E-state index contributed by atoms with van der Waals surface area (Å²) in [6, 6.07) is 17.6. The highest BCUT2D eigenvalue weighted by Gasteiger charge is 2.09. The highest BCUT2D eigenvalue weighted by atomic mass is 35.5. The van der Waals surface area contributed by atoms with Crippen molar-refractivity contribution < 1.29 is 0 Å². The van der Waals surface area contributed by atoms with E-state index in [-0.39, 0.29) is 0 Å². The SMILES string of the molecule is Clc1ccc(-c2[c]ncnc2-c2ccccc2)cc1. The van der Waals surface area contributed by atoms with Crippen molar-refractivity contribution in [2.75, 3.05) is 0 Å². The molecule has 0 bridgehead atoms. The van der Waals surface area contributed by atoms with E-state index in [1.165, 1.54) is 6.33 Å². The van der Waals surface area contributed by atoms with E-state index in [4.69, 9.17) is 11.6 Å². The van der Waals surface area contributed by atoms with Gasteiger partial charge in [-0.15, -0.1) is 0 Å². The Morgan fingerprint density at radius 1 is 0.842 bits per heavy atom. The maximum absolute atomic E-state index is 5.91. The van der Waals surface area contributed by atoms with Gasteiger partial charge in [-0.25, -0.2) is 9.97 Å². The summed E-state index contributed by atoms with van der Waals surface area (Å²) in [5, 5.41) is 0.710. The molecule has 3 aromatic rings. The van der Waals surface area contributed by atoms with E-state index in [1.54, 1.807) is 0 Å². The largest absolute Gasteiger partial charge is 0.236 e. The molecule has 19 heavy (non-hydrogen) atoms. The van der Waals surface area contributed by atoms with E-state index in [0.29, 0.717) is 5.02 Å². The lowest BCUT2D eigenvalue weighted by atomic mass is 10.0. The second kappa shape index (κ2) is 5.21. The van der Waals surface area contributed by atoms with Crippen LogP contribution in [0.1, 0.15) is 0 Å². The molecule has 91 valence electrons. The smallest absolute Gasteiger partial charge is 0.116 e. The highest BCUT2D eigenvalue weighted by molar-refractivity contribution is 6.30. The molecule has 2 aromatic carbocycles. The number of hydrogen-bond donors (Lipinski definition) is 0. The second-order valence-corrected chi connectivity index (χ2v) is 4.52. The number of aromatic nitrogens is 2. The summed E-state index contributed by atoms with van der Waals surface area (Å²) >= 11 is 5.91. The van der Waals surface area contributed by atoms with Crippen LogP contribution in [0.2, 0.25) is 5.02 Å². The molecule has 1 aromatic heterocycles.